The van der Waals surface area contributed by atoms with Crippen molar-refractivity contribution in [3.63, 3.8) is 0 Å². The summed E-state index contributed by atoms with van der Waals surface area (Å²) in [6, 6.07) is 0. The number of pyridine rings is 1. The highest BCUT2D eigenvalue weighted by atomic mass is 19.2. The highest BCUT2D eigenvalue weighted by molar-refractivity contribution is 5.49. The first kappa shape index (κ1) is 14.1. The second kappa shape index (κ2) is 4.98. The maximum Gasteiger partial charge on any atom is 0.253 e. The fraction of sp³-hybridized carbons (Fsp3) is 0.615. The van der Waals surface area contributed by atoms with Gasteiger partial charge in [0.05, 0.1) is 0 Å². The molecular weight excluding hydrogens is 260 g/mol. The Morgan fingerprint density at radius 2 is 1.58 bits per heavy atom. The highest BCUT2D eigenvalue weighted by Crippen LogP contribution is 2.40. The van der Waals surface area contributed by atoms with Crippen LogP contribution in [-0.4, -0.2) is 18.1 Å². The van der Waals surface area contributed by atoms with E-state index < -0.39 is 29.2 Å². The van der Waals surface area contributed by atoms with Gasteiger partial charge in [-0.25, -0.2) is 0 Å². The number of rotatable bonds is 3. The maximum atomic E-state index is 13.7. The van der Waals surface area contributed by atoms with Gasteiger partial charge in [-0.05, 0) is 24.7 Å². The van der Waals surface area contributed by atoms with Crippen LogP contribution in [0.1, 0.15) is 33.1 Å². The lowest BCUT2D eigenvalue weighted by molar-refractivity contribution is 0.300. The van der Waals surface area contributed by atoms with Gasteiger partial charge in [-0.1, -0.05) is 13.8 Å². The molecule has 6 heteroatoms. The van der Waals surface area contributed by atoms with Crippen LogP contribution in [0.4, 0.5) is 23.2 Å². The Morgan fingerprint density at radius 3 is 2.00 bits per heavy atom. The Bertz CT molecular complexity index is 460. The minimum Gasteiger partial charge on any atom is -0.366 e. The first-order valence-corrected chi connectivity index (χ1v) is 6.39. The van der Waals surface area contributed by atoms with Crippen molar-refractivity contribution in [1.82, 2.24) is 4.98 Å². The summed E-state index contributed by atoms with van der Waals surface area (Å²) in [6.45, 7) is 4.80. The summed E-state index contributed by atoms with van der Waals surface area (Å²) >= 11 is 0. The zero-order valence-corrected chi connectivity index (χ0v) is 10.9. The first-order valence-electron chi connectivity index (χ1n) is 6.39. The highest BCUT2D eigenvalue weighted by Gasteiger charge is 2.38. The lowest BCUT2D eigenvalue weighted by atomic mass is 9.82. The fourth-order valence-corrected chi connectivity index (χ4v) is 2.71. The predicted molar refractivity (Wildman–Crippen MR) is 63.9 cm³/mol. The molecule has 0 aromatic carbocycles. The van der Waals surface area contributed by atoms with Crippen molar-refractivity contribution in [2.75, 3.05) is 18.0 Å². The molecule has 2 rings (SSSR count). The zero-order chi connectivity index (χ0) is 14.2. The summed E-state index contributed by atoms with van der Waals surface area (Å²) < 4.78 is 53.6. The van der Waals surface area contributed by atoms with Crippen LogP contribution in [-0.2, 0) is 0 Å². The number of hydrogen-bond acceptors (Lipinski definition) is 2. The topological polar surface area (TPSA) is 16.1 Å². The molecule has 1 aliphatic heterocycles. The van der Waals surface area contributed by atoms with E-state index in [4.69, 9.17) is 0 Å². The molecule has 0 unspecified atom stereocenters. The van der Waals surface area contributed by atoms with Crippen LogP contribution in [0, 0.1) is 28.9 Å². The summed E-state index contributed by atoms with van der Waals surface area (Å²) in [4.78, 5) is 3.95. The Labute approximate surface area is 109 Å². The molecule has 0 spiro atoms. The number of aromatic nitrogens is 1. The third kappa shape index (κ3) is 2.28. The van der Waals surface area contributed by atoms with Crippen molar-refractivity contribution in [3.8, 4) is 0 Å². The van der Waals surface area contributed by atoms with Gasteiger partial charge in [-0.15, -0.1) is 0 Å². The van der Waals surface area contributed by atoms with Gasteiger partial charge in [0.15, 0.2) is 0 Å². The Balaban J connectivity index is 2.39. The van der Waals surface area contributed by atoms with Crippen molar-refractivity contribution in [1.29, 1.82) is 0 Å². The largest absolute Gasteiger partial charge is 0.366 e. The van der Waals surface area contributed by atoms with Gasteiger partial charge in [0.1, 0.15) is 5.69 Å². The monoisotopic (exact) mass is 276 g/mol. The number of nitrogens with zero attached hydrogens (tertiary/aromatic N) is 2. The molecule has 0 amide bonds. The molecule has 1 aromatic heterocycles. The third-order valence-electron chi connectivity index (χ3n) is 4.23. The van der Waals surface area contributed by atoms with E-state index in [-0.39, 0.29) is 5.41 Å². The number of halogens is 4. The standard InChI is InChI=1S/C13H16F4N2/c1-3-13(4-2)5-6-19(7-13)10-8(14)11(16)18-12(17)9(10)15/h3-7H2,1-2H3. The van der Waals surface area contributed by atoms with Crippen LogP contribution < -0.4 is 4.90 Å². The van der Waals surface area contributed by atoms with E-state index in [1.165, 1.54) is 4.90 Å². The van der Waals surface area contributed by atoms with Crippen LogP contribution in [0.25, 0.3) is 0 Å². The molecule has 2 heterocycles. The first-order chi connectivity index (χ1) is 8.94. The van der Waals surface area contributed by atoms with Crippen LogP contribution in [0.15, 0.2) is 0 Å². The SMILES string of the molecule is CCC1(CC)CCN(c2c(F)c(F)nc(F)c2F)C1. The molecule has 0 bridgehead atoms. The molecule has 1 aliphatic rings. The molecule has 0 saturated carbocycles. The van der Waals surface area contributed by atoms with Gasteiger partial charge in [0, 0.05) is 13.1 Å². The molecule has 1 saturated heterocycles. The molecule has 0 aliphatic carbocycles. The van der Waals surface area contributed by atoms with E-state index in [1.807, 2.05) is 13.8 Å². The number of anilines is 1. The van der Waals surface area contributed by atoms with Crippen molar-refractivity contribution in [2.45, 2.75) is 33.1 Å². The van der Waals surface area contributed by atoms with E-state index >= 15 is 0 Å². The molecule has 106 valence electrons. The van der Waals surface area contributed by atoms with Crippen molar-refractivity contribution < 1.29 is 17.6 Å². The van der Waals surface area contributed by atoms with Crippen molar-refractivity contribution >= 4 is 5.69 Å². The smallest absolute Gasteiger partial charge is 0.253 e. The summed E-state index contributed by atoms with van der Waals surface area (Å²) in [7, 11) is 0. The molecule has 19 heavy (non-hydrogen) atoms. The van der Waals surface area contributed by atoms with Gasteiger partial charge in [0.2, 0.25) is 11.6 Å². The van der Waals surface area contributed by atoms with E-state index in [0.29, 0.717) is 13.1 Å². The van der Waals surface area contributed by atoms with E-state index in [1.54, 1.807) is 0 Å². The Hall–Kier alpha value is -1.33. The molecule has 0 atom stereocenters. The van der Waals surface area contributed by atoms with Crippen LogP contribution in [0.2, 0.25) is 0 Å². The minimum absolute atomic E-state index is 0.0465. The normalized spacial score (nSPS) is 18.1. The van der Waals surface area contributed by atoms with Gasteiger partial charge < -0.3 is 4.90 Å². The fourth-order valence-electron chi connectivity index (χ4n) is 2.71. The van der Waals surface area contributed by atoms with Crippen LogP contribution in [0.3, 0.4) is 0 Å². The summed E-state index contributed by atoms with van der Waals surface area (Å²) in [6.07, 6.45) is 2.48. The van der Waals surface area contributed by atoms with Crippen LogP contribution >= 0.6 is 0 Å². The maximum absolute atomic E-state index is 13.7. The van der Waals surface area contributed by atoms with Crippen molar-refractivity contribution in [2.24, 2.45) is 5.41 Å². The van der Waals surface area contributed by atoms with Crippen molar-refractivity contribution in [3.05, 3.63) is 23.5 Å². The van der Waals surface area contributed by atoms with E-state index in [9.17, 15) is 17.6 Å². The quantitative estimate of drug-likeness (QED) is 0.618. The summed E-state index contributed by atoms with van der Waals surface area (Å²) in [5.74, 6) is -6.03. The third-order valence-corrected chi connectivity index (χ3v) is 4.23. The van der Waals surface area contributed by atoms with Gasteiger partial charge >= 0.3 is 0 Å². The average Bonchev–Trinajstić information content (AvgIpc) is 2.82. The average molecular weight is 276 g/mol. The lowest BCUT2D eigenvalue weighted by Crippen LogP contribution is -2.28. The van der Waals surface area contributed by atoms with E-state index in [2.05, 4.69) is 4.98 Å². The molecule has 1 fully saturated rings. The predicted octanol–water partition coefficient (Wildman–Crippen LogP) is 3.65. The lowest BCUT2D eigenvalue weighted by Gasteiger charge is -2.27. The van der Waals surface area contributed by atoms with E-state index in [0.717, 1.165) is 19.3 Å². The van der Waals surface area contributed by atoms with Crippen LogP contribution in [0.5, 0.6) is 0 Å². The molecule has 1 aromatic rings. The molecule has 0 N–H and O–H groups in total. The number of hydrogen-bond donors (Lipinski definition) is 0. The second-order valence-corrected chi connectivity index (χ2v) is 5.05. The minimum atomic E-state index is -1.60. The summed E-state index contributed by atoms with van der Waals surface area (Å²) in [5.41, 5.74) is -0.677. The van der Waals surface area contributed by atoms with Gasteiger partial charge in [-0.2, -0.15) is 22.5 Å². The zero-order valence-electron chi connectivity index (χ0n) is 10.9. The molecule has 2 nitrogen and oxygen atoms in total. The summed E-state index contributed by atoms with van der Waals surface area (Å²) in [5, 5.41) is 0. The molecule has 0 radical (unpaired) electrons. The molecular formula is C13H16F4N2. The Kier molecular flexibility index (Phi) is 3.69. The second-order valence-electron chi connectivity index (χ2n) is 5.05. The van der Waals surface area contributed by atoms with Gasteiger partial charge in [-0.3, -0.25) is 0 Å². The Morgan fingerprint density at radius 1 is 1.05 bits per heavy atom. The van der Waals surface area contributed by atoms with Gasteiger partial charge in [0.25, 0.3) is 11.9 Å².